The van der Waals surface area contributed by atoms with E-state index >= 15 is 9.59 Å². The summed E-state index contributed by atoms with van der Waals surface area (Å²) < 4.78 is 29.8. The zero-order chi connectivity index (χ0) is 87.3. The Morgan fingerprint density at radius 2 is 1.58 bits per heavy atom. The fraction of sp³-hybridized carbons (Fsp3) is 0.556. The Balaban J connectivity index is 0.991. The van der Waals surface area contributed by atoms with E-state index in [1.807, 2.05) is 49.4 Å². The minimum absolute atomic E-state index is 0.0538. The summed E-state index contributed by atoms with van der Waals surface area (Å²) in [6.07, 6.45) is -0.753. The van der Waals surface area contributed by atoms with Crippen molar-refractivity contribution in [3.05, 3.63) is 118 Å². The van der Waals surface area contributed by atoms with E-state index in [1.165, 1.54) is 64.1 Å². The maximum Gasteiger partial charge on any atom is 0.409 e. The van der Waals surface area contributed by atoms with Gasteiger partial charge < -0.3 is 102 Å². The van der Waals surface area contributed by atoms with Crippen molar-refractivity contribution in [2.45, 2.75) is 215 Å². The SMILES string of the molecule is COc1cc2cc(c1Cl)N(C)C(=O)C[C@H](OC(=O)[C@H](C)N(C)C(=O)CCSSC[C@@H](N)C(=O)N[C@H]1CSSC[C@@H](C(=O)N[C@H](C(=O)O)[C@@H](C)O)NC(=O)[C@H]([C@@H](C)O)NC(=O)[C@H](CCCCN)NC(=O)[C@@H](CC3=CCc4ccccc43)NC(=O)[C@H](Cc3ccc(O)cc3)CC1=O)[C@]1(C)O[C@H]1[C@H](C)[C@@H]1C[C@@](O)(NC(=O)O1)[C@H](OC)C/C=C/C=C(\C)C2. The molecule has 1 aliphatic carbocycles. The highest BCUT2D eigenvalue weighted by atomic mass is 35.5. The Hall–Kier alpha value is -8.47. The summed E-state index contributed by atoms with van der Waals surface area (Å²) in [7, 11) is 9.83. The molecule has 0 aromatic heterocycles. The largest absolute Gasteiger partial charge is 0.508 e. The molecule has 3 aromatic rings. The van der Waals surface area contributed by atoms with Crippen molar-refractivity contribution in [1.82, 2.24) is 42.1 Å². The Morgan fingerprint density at radius 1 is 0.882 bits per heavy atom. The average Bonchev–Trinajstić information content (AvgIpc) is 1.57. The second-order valence-corrected chi connectivity index (χ2v) is 36.2. The first kappa shape index (κ1) is 96.0. The number of nitrogens with two attached hydrogens (primary N) is 2. The van der Waals surface area contributed by atoms with Gasteiger partial charge in [-0.25, -0.2) is 14.4 Å². The standard InChI is InChI=1S/C81H110ClN11O22S4/c1-42-17-11-14-21-63(112-10)81(110)38-62(113-79(109)91-81)43(2)70-80(6,115-70)64(37-66(99)93(8)59-33-48(31-42)34-61(111-9)67(59)82)114-78(108)44(3)92(7)65(98)28-30-116-117-39-54(84)72(101)87-57-40-118-119-41-58(75(104)90-69(46(5)95)77(106)107)88-76(105)68(45(4)94)89-73(102)55(20-15-16-29-83)85-74(103)56(35-50-25-24-49-18-12-13-19-53(49)50)86-71(100)51(36-60(57)97)32-47-22-26-52(96)27-23-47/h11-14,17-19,22-23,25-27,33-34,43-46,51,54-58,62-64,68-70,94-96,110H,15-16,20-21,24,28-32,35-41,83-84H2,1-10H3,(H,85,103)(H,86,100)(H,87,101)(H,88,105)(H,89,102)(H,90,104)(H,91,109)(H,106,107)/b14-11+,42-17+/t43-,44+,45-,46-,51-,54-,55+,56-,57+,58+,62+,63-,64+,68+,69+,70+,80+,81+/m1/s1. The predicted octanol–water partition coefficient (Wildman–Crippen LogP) is 3.84. The van der Waals surface area contributed by atoms with E-state index in [0.717, 1.165) is 72.4 Å². The number of methoxy groups -OCH3 is 2. The molecule has 0 saturated carbocycles. The van der Waals surface area contributed by atoms with Crippen LogP contribution >= 0.6 is 54.8 Å². The smallest absolute Gasteiger partial charge is 0.409 e. The average molecular weight is 1750 g/mol. The third kappa shape index (κ3) is 26.3. The molecule has 119 heavy (non-hydrogen) atoms. The topological polar surface area (TPSA) is 498 Å². The number of aliphatic carboxylic acids is 1. The van der Waals surface area contributed by atoms with Gasteiger partial charge in [0.15, 0.2) is 17.6 Å². The molecule has 8 rings (SSSR count). The van der Waals surface area contributed by atoms with E-state index in [9.17, 15) is 73.5 Å². The van der Waals surface area contributed by atoms with Gasteiger partial charge in [0.25, 0.3) is 0 Å². The van der Waals surface area contributed by atoms with Crippen molar-refractivity contribution in [3.63, 3.8) is 0 Å². The number of ketones is 1. The van der Waals surface area contributed by atoms with Gasteiger partial charge in [0, 0.05) is 81.7 Å². The van der Waals surface area contributed by atoms with Crippen LogP contribution in [0.1, 0.15) is 122 Å². The van der Waals surface area contributed by atoms with Gasteiger partial charge in [0.2, 0.25) is 47.3 Å². The number of epoxide rings is 1. The van der Waals surface area contributed by atoms with E-state index in [4.69, 9.17) is 46.8 Å². The number of hydrogen-bond acceptors (Lipinski definition) is 27. The highest BCUT2D eigenvalue weighted by Gasteiger charge is 2.65. The van der Waals surface area contributed by atoms with Crippen molar-refractivity contribution in [2.24, 2.45) is 23.3 Å². The molecule has 652 valence electrons. The first-order valence-electron chi connectivity index (χ1n) is 39.2. The number of carbonyl (C=O) groups excluding carboxylic acids is 11. The van der Waals surface area contributed by atoms with Crippen molar-refractivity contribution in [1.29, 1.82) is 0 Å². The first-order chi connectivity index (χ1) is 56.4. The van der Waals surface area contributed by atoms with E-state index in [2.05, 4.69) is 37.2 Å². The van der Waals surface area contributed by atoms with Gasteiger partial charge in [-0.05, 0) is 138 Å². The Morgan fingerprint density at radius 3 is 2.26 bits per heavy atom. The normalized spacial score (nSPS) is 27.7. The maximum atomic E-state index is 15.2. The number of phenols is 1. The Bertz CT molecular complexity index is 4260. The molecular formula is C81H110ClN11O22S4. The number of halogens is 1. The van der Waals surface area contributed by atoms with E-state index in [0.29, 0.717) is 41.8 Å². The summed E-state index contributed by atoms with van der Waals surface area (Å²) in [4.78, 5) is 174. The van der Waals surface area contributed by atoms with Gasteiger partial charge in [0.1, 0.15) is 70.6 Å². The number of ether oxygens (including phenoxy) is 5. The van der Waals surface area contributed by atoms with Gasteiger partial charge in [0.05, 0.1) is 49.6 Å². The first-order valence-corrected chi connectivity index (χ1v) is 44.5. The number of aliphatic hydroxyl groups is 3. The van der Waals surface area contributed by atoms with Gasteiger partial charge in [-0.1, -0.05) is 128 Å². The fourth-order valence-electron chi connectivity index (χ4n) is 14.3. The van der Waals surface area contributed by atoms with Gasteiger partial charge in [-0.15, -0.1) is 0 Å². The highest BCUT2D eigenvalue weighted by molar-refractivity contribution is 8.77. The number of Topliss-reactive ketones (excluding diaryl/α,β-unsaturated/α-hetero) is 1. The lowest BCUT2D eigenvalue weighted by atomic mass is 9.83. The zero-order valence-corrected chi connectivity index (χ0v) is 72.1. The van der Waals surface area contributed by atoms with Crippen LogP contribution in [-0.2, 0) is 90.9 Å². The molecule has 38 heteroatoms. The molecule has 18 atom stereocenters. The number of anilines is 1. The summed E-state index contributed by atoms with van der Waals surface area (Å²) in [5.41, 5.74) is 14.0. The van der Waals surface area contributed by atoms with Gasteiger partial charge in [-0.2, -0.15) is 0 Å². The molecular weight excluding hydrogens is 1640 g/mol. The van der Waals surface area contributed by atoms with Gasteiger partial charge >= 0.3 is 18.0 Å². The maximum absolute atomic E-state index is 15.2. The number of aliphatic hydroxyl groups excluding tert-OH is 2. The minimum Gasteiger partial charge on any atom is -0.508 e. The number of aromatic hydroxyl groups is 1. The second kappa shape index (κ2) is 44.4. The number of esters is 1. The molecule has 3 aromatic carbocycles. The molecule has 0 radical (unpaired) electrons. The summed E-state index contributed by atoms with van der Waals surface area (Å²) in [6, 6.07) is 4.50. The molecule has 3 saturated heterocycles. The number of allylic oxidation sites excluding steroid dienone is 4. The third-order valence-corrected chi connectivity index (χ3v) is 26.9. The van der Waals surface area contributed by atoms with Crippen LogP contribution in [0.4, 0.5) is 10.5 Å². The number of benzene rings is 3. The number of carboxylic acids is 1. The van der Waals surface area contributed by atoms with E-state index < -0.39 is 198 Å². The molecule has 33 nitrogen and oxygen atoms in total. The quantitative estimate of drug-likeness (QED) is 0.0235. The van der Waals surface area contributed by atoms with Crippen LogP contribution in [0.15, 0.2) is 90.5 Å². The number of amides is 9. The molecule has 4 bridgehead atoms. The monoisotopic (exact) mass is 1750 g/mol. The number of rotatable bonds is 26. The Labute approximate surface area is 712 Å². The number of nitrogens with zero attached hydrogens (tertiary/aromatic N) is 2. The number of alkyl carbamates (subject to hydrolysis) is 1. The van der Waals surface area contributed by atoms with Crippen molar-refractivity contribution < 1.29 is 107 Å². The fourth-order valence-corrected chi connectivity index (χ4v) is 19.1. The molecule has 0 unspecified atom stereocenters. The van der Waals surface area contributed by atoms with E-state index in [-0.39, 0.29) is 79.5 Å². The highest BCUT2D eigenvalue weighted by Crippen LogP contribution is 2.50. The molecule has 16 N–H and O–H groups in total. The number of carbonyl (C=O) groups is 12. The second-order valence-electron chi connectivity index (χ2n) is 30.6. The Kier molecular flexibility index (Phi) is 35.8. The van der Waals surface area contributed by atoms with Crippen molar-refractivity contribution >= 4 is 137 Å². The molecule has 5 aliphatic rings. The summed E-state index contributed by atoms with van der Waals surface area (Å²) >= 11 is 6.90. The van der Waals surface area contributed by atoms with Crippen LogP contribution < -0.4 is 58.3 Å². The number of carboxylic acid groups (broad SMARTS) is 1. The van der Waals surface area contributed by atoms with Crippen LogP contribution in [0.3, 0.4) is 0 Å². The molecule has 3 fully saturated rings. The van der Waals surface area contributed by atoms with Crippen LogP contribution in [0.5, 0.6) is 11.5 Å². The number of likely N-dealkylation sites (N-methyl/N-ethyl adjacent to an activating group) is 1. The lowest BCUT2D eigenvalue weighted by Crippen LogP contribution is -2.64. The number of phenolic OH excluding ortho intramolecular Hbond substituents is 1. The third-order valence-electron chi connectivity index (χ3n) is 21.7. The number of fused-ring (bicyclic) bond motifs is 6. The number of hydrogen-bond donors (Lipinski definition) is 14. The summed E-state index contributed by atoms with van der Waals surface area (Å²) in [5.74, 6) is -12.4. The van der Waals surface area contributed by atoms with Crippen LogP contribution in [0, 0.1) is 11.8 Å². The number of nitrogens with one attached hydrogen (secondary N) is 7. The lowest BCUT2D eigenvalue weighted by molar-refractivity contribution is -0.162. The minimum atomic E-state index is -1.89. The molecule has 4 heterocycles. The molecule has 9 amide bonds. The van der Waals surface area contributed by atoms with Crippen molar-refractivity contribution in [3.8, 4) is 11.5 Å². The predicted molar refractivity (Wildman–Crippen MR) is 451 cm³/mol. The van der Waals surface area contributed by atoms with Crippen molar-refractivity contribution in [2.75, 3.05) is 62.8 Å². The van der Waals surface area contributed by atoms with Gasteiger partial charge in [-0.3, -0.25) is 48.5 Å². The summed E-state index contributed by atoms with van der Waals surface area (Å²) in [5, 5.41) is 71.9. The lowest BCUT2D eigenvalue weighted by Gasteiger charge is -2.42. The van der Waals surface area contributed by atoms with Crippen LogP contribution in [0.25, 0.3) is 5.57 Å². The zero-order valence-electron chi connectivity index (χ0n) is 68.1. The van der Waals surface area contributed by atoms with Crippen LogP contribution in [0.2, 0.25) is 5.02 Å². The summed E-state index contributed by atoms with van der Waals surface area (Å²) in [6.45, 7) is 9.23. The number of unbranched alkanes of at least 4 members (excludes halogenated alkanes) is 1. The molecule has 4 aliphatic heterocycles. The van der Waals surface area contributed by atoms with Crippen LogP contribution in [-0.4, -0.2) is 256 Å². The molecule has 0 spiro atoms. The van der Waals surface area contributed by atoms with E-state index in [1.54, 1.807) is 44.2 Å².